The summed E-state index contributed by atoms with van der Waals surface area (Å²) in [5.74, 6) is 0.830. The van der Waals surface area contributed by atoms with Crippen LogP contribution in [0.1, 0.15) is 0 Å². The van der Waals surface area contributed by atoms with Gasteiger partial charge in [0.1, 0.15) is 0 Å². The van der Waals surface area contributed by atoms with Crippen LogP contribution in [0, 0.1) is 0 Å². The zero-order valence-corrected chi connectivity index (χ0v) is 15.2. The molecule has 0 unspecified atom stereocenters. The van der Waals surface area contributed by atoms with Gasteiger partial charge in [-0.05, 0) is 25.2 Å². The Morgan fingerprint density at radius 2 is 1.67 bits per heavy atom. The maximum absolute atomic E-state index is 4.94. The first-order valence-electron chi connectivity index (χ1n) is 8.17. The zero-order valence-electron chi connectivity index (χ0n) is 13.6. The lowest BCUT2D eigenvalue weighted by atomic mass is 10.1. The number of nitrogens with zero attached hydrogens (tertiary/aromatic N) is 4. The van der Waals surface area contributed by atoms with Crippen molar-refractivity contribution in [2.24, 2.45) is 0 Å². The molecular formula is C19H19BrN4. The number of aromatic nitrogens is 2. The summed E-state index contributed by atoms with van der Waals surface area (Å²) in [5, 5.41) is 1.08. The normalized spacial score (nSPS) is 15.8. The van der Waals surface area contributed by atoms with E-state index in [1.54, 1.807) is 0 Å². The van der Waals surface area contributed by atoms with Crippen LogP contribution in [0.25, 0.3) is 22.2 Å². The lowest BCUT2D eigenvalue weighted by Gasteiger charge is -2.32. The second kappa shape index (κ2) is 6.49. The molecule has 0 amide bonds. The van der Waals surface area contributed by atoms with Gasteiger partial charge in [0.15, 0.2) is 0 Å². The van der Waals surface area contributed by atoms with Gasteiger partial charge in [-0.2, -0.15) is 0 Å². The Labute approximate surface area is 150 Å². The van der Waals surface area contributed by atoms with Crippen molar-refractivity contribution in [3.05, 3.63) is 53.0 Å². The van der Waals surface area contributed by atoms with E-state index in [0.29, 0.717) is 0 Å². The lowest BCUT2D eigenvalue weighted by molar-refractivity contribution is 0.311. The Balaban J connectivity index is 1.86. The van der Waals surface area contributed by atoms with Crippen LogP contribution >= 0.6 is 15.9 Å². The summed E-state index contributed by atoms with van der Waals surface area (Å²) in [6.07, 6.45) is 0. The first-order chi connectivity index (χ1) is 11.7. The quantitative estimate of drug-likeness (QED) is 0.674. The van der Waals surface area contributed by atoms with Gasteiger partial charge < -0.3 is 9.80 Å². The van der Waals surface area contributed by atoms with Gasteiger partial charge in [-0.1, -0.05) is 46.3 Å². The van der Waals surface area contributed by atoms with Crippen molar-refractivity contribution in [3.8, 4) is 11.3 Å². The SMILES string of the molecule is CN1CCN(c2nc(-c3ccccc3)c3cc(Br)ccc3n2)CC1. The fourth-order valence-corrected chi connectivity index (χ4v) is 3.41. The number of halogens is 1. The van der Waals surface area contributed by atoms with Crippen LogP contribution in [0.5, 0.6) is 0 Å². The second-order valence-corrected chi connectivity index (χ2v) is 7.11. The van der Waals surface area contributed by atoms with Crippen LogP contribution in [-0.4, -0.2) is 48.1 Å². The van der Waals surface area contributed by atoms with Crippen molar-refractivity contribution in [2.75, 3.05) is 38.1 Å². The summed E-state index contributed by atoms with van der Waals surface area (Å²) in [7, 11) is 2.16. The molecule has 1 aliphatic rings. The number of benzene rings is 2. The Morgan fingerprint density at radius 3 is 2.42 bits per heavy atom. The zero-order chi connectivity index (χ0) is 16.5. The molecule has 4 nitrogen and oxygen atoms in total. The van der Waals surface area contributed by atoms with Crippen molar-refractivity contribution < 1.29 is 0 Å². The van der Waals surface area contributed by atoms with Crippen LogP contribution < -0.4 is 4.90 Å². The second-order valence-electron chi connectivity index (χ2n) is 6.19. The minimum Gasteiger partial charge on any atom is -0.338 e. The number of anilines is 1. The maximum atomic E-state index is 4.94. The van der Waals surface area contributed by atoms with Crippen LogP contribution in [0.2, 0.25) is 0 Å². The average Bonchev–Trinajstić information content (AvgIpc) is 2.62. The Bertz CT molecular complexity index is 858. The molecule has 0 bridgehead atoms. The number of piperazine rings is 1. The summed E-state index contributed by atoms with van der Waals surface area (Å²) in [6.45, 7) is 4.02. The van der Waals surface area contributed by atoms with Gasteiger partial charge >= 0.3 is 0 Å². The largest absolute Gasteiger partial charge is 0.338 e. The number of rotatable bonds is 2. The van der Waals surface area contributed by atoms with Crippen molar-refractivity contribution in [2.45, 2.75) is 0 Å². The highest BCUT2D eigenvalue weighted by molar-refractivity contribution is 9.10. The van der Waals surface area contributed by atoms with Crippen molar-refractivity contribution >= 4 is 32.8 Å². The average molecular weight is 383 g/mol. The van der Waals surface area contributed by atoms with Crippen LogP contribution in [0.15, 0.2) is 53.0 Å². The molecule has 1 aromatic heterocycles. The van der Waals surface area contributed by atoms with E-state index < -0.39 is 0 Å². The molecule has 122 valence electrons. The monoisotopic (exact) mass is 382 g/mol. The molecule has 2 heterocycles. The van der Waals surface area contributed by atoms with E-state index in [9.17, 15) is 0 Å². The van der Waals surface area contributed by atoms with Gasteiger partial charge in [-0.3, -0.25) is 0 Å². The van der Waals surface area contributed by atoms with Gasteiger partial charge in [0, 0.05) is 41.6 Å². The van der Waals surface area contributed by atoms with E-state index >= 15 is 0 Å². The molecule has 1 fully saturated rings. The standard InChI is InChI=1S/C19H19BrN4/c1-23-9-11-24(12-10-23)19-21-17-8-7-15(20)13-16(17)18(22-19)14-5-3-2-4-6-14/h2-8,13H,9-12H2,1H3. The molecule has 0 atom stereocenters. The Morgan fingerprint density at radius 1 is 0.917 bits per heavy atom. The van der Waals surface area contributed by atoms with E-state index in [0.717, 1.165) is 58.8 Å². The predicted molar refractivity (Wildman–Crippen MR) is 102 cm³/mol. The summed E-state index contributed by atoms with van der Waals surface area (Å²) in [6, 6.07) is 16.6. The third kappa shape index (κ3) is 3.01. The van der Waals surface area contributed by atoms with E-state index in [-0.39, 0.29) is 0 Å². The molecule has 24 heavy (non-hydrogen) atoms. The molecule has 0 saturated carbocycles. The van der Waals surface area contributed by atoms with E-state index in [2.05, 4.69) is 69.2 Å². The highest BCUT2D eigenvalue weighted by atomic mass is 79.9. The minimum atomic E-state index is 0.830. The smallest absolute Gasteiger partial charge is 0.226 e. The molecule has 1 saturated heterocycles. The molecule has 2 aromatic carbocycles. The first-order valence-corrected chi connectivity index (χ1v) is 8.96. The van der Waals surface area contributed by atoms with Crippen LogP contribution in [0.3, 0.4) is 0 Å². The summed E-state index contributed by atoms with van der Waals surface area (Å²) in [4.78, 5) is 14.4. The third-order valence-corrected chi connectivity index (χ3v) is 4.97. The fraction of sp³-hybridized carbons (Fsp3) is 0.263. The molecule has 0 spiro atoms. The molecule has 0 N–H and O–H groups in total. The van der Waals surface area contributed by atoms with Gasteiger partial charge in [0.05, 0.1) is 11.2 Å². The van der Waals surface area contributed by atoms with E-state index in [1.807, 2.05) is 12.1 Å². The van der Waals surface area contributed by atoms with E-state index in [4.69, 9.17) is 9.97 Å². The van der Waals surface area contributed by atoms with Crippen molar-refractivity contribution in [1.82, 2.24) is 14.9 Å². The van der Waals surface area contributed by atoms with Crippen molar-refractivity contribution in [1.29, 1.82) is 0 Å². The van der Waals surface area contributed by atoms with Gasteiger partial charge in [0.25, 0.3) is 0 Å². The van der Waals surface area contributed by atoms with Gasteiger partial charge in [-0.25, -0.2) is 9.97 Å². The Hall–Kier alpha value is -1.98. The maximum Gasteiger partial charge on any atom is 0.226 e. The van der Waals surface area contributed by atoms with Crippen LogP contribution in [-0.2, 0) is 0 Å². The number of likely N-dealkylation sites (N-methyl/N-ethyl adjacent to an activating group) is 1. The molecule has 5 heteroatoms. The lowest BCUT2D eigenvalue weighted by Crippen LogP contribution is -2.45. The van der Waals surface area contributed by atoms with E-state index in [1.165, 1.54) is 0 Å². The number of fused-ring (bicyclic) bond motifs is 1. The molecule has 3 aromatic rings. The minimum absolute atomic E-state index is 0.830. The first kappa shape index (κ1) is 15.5. The predicted octanol–water partition coefficient (Wildman–Crippen LogP) is 3.81. The molecule has 4 rings (SSSR count). The molecule has 0 aliphatic carbocycles. The molecule has 1 aliphatic heterocycles. The third-order valence-electron chi connectivity index (χ3n) is 4.48. The van der Waals surface area contributed by atoms with Gasteiger partial charge in [0.2, 0.25) is 5.95 Å². The summed E-state index contributed by atoms with van der Waals surface area (Å²) < 4.78 is 1.04. The van der Waals surface area contributed by atoms with Crippen LogP contribution in [0.4, 0.5) is 5.95 Å². The number of hydrogen-bond donors (Lipinski definition) is 0. The summed E-state index contributed by atoms with van der Waals surface area (Å²) >= 11 is 3.57. The number of hydrogen-bond acceptors (Lipinski definition) is 4. The topological polar surface area (TPSA) is 32.3 Å². The fourth-order valence-electron chi connectivity index (χ4n) is 3.05. The van der Waals surface area contributed by atoms with Gasteiger partial charge in [-0.15, -0.1) is 0 Å². The molecule has 0 radical (unpaired) electrons. The van der Waals surface area contributed by atoms with Crippen molar-refractivity contribution in [3.63, 3.8) is 0 Å². The highest BCUT2D eigenvalue weighted by Gasteiger charge is 2.19. The molecular weight excluding hydrogens is 364 g/mol. The highest BCUT2D eigenvalue weighted by Crippen LogP contribution is 2.30. The Kier molecular flexibility index (Phi) is 4.21. The summed E-state index contributed by atoms with van der Waals surface area (Å²) in [5.41, 5.74) is 3.11.